The molecule has 1 fully saturated rings. The number of halogens is 2. The van der Waals surface area contributed by atoms with Gasteiger partial charge in [-0.15, -0.1) is 0 Å². The van der Waals surface area contributed by atoms with Gasteiger partial charge in [-0.3, -0.25) is 9.59 Å². The summed E-state index contributed by atoms with van der Waals surface area (Å²) in [6.45, 7) is 1.95. The van der Waals surface area contributed by atoms with Crippen LogP contribution in [0.25, 0.3) is 0 Å². The van der Waals surface area contributed by atoms with E-state index in [-0.39, 0.29) is 11.6 Å². The number of carbonyl (C=O) groups is 2. The SMILES string of the molecule is CCC1C[C@H](C(=O)Nc2ccc(F)cc2F)[C@H](C(=O)O)C1. The molecule has 21 heavy (non-hydrogen) atoms. The number of carboxylic acids is 1. The number of hydrogen-bond donors (Lipinski definition) is 2. The van der Waals surface area contributed by atoms with Crippen molar-refractivity contribution < 1.29 is 23.5 Å². The van der Waals surface area contributed by atoms with E-state index in [1.165, 1.54) is 0 Å². The van der Waals surface area contributed by atoms with Gasteiger partial charge >= 0.3 is 5.97 Å². The molecule has 2 N–H and O–H groups in total. The Hall–Kier alpha value is -1.98. The summed E-state index contributed by atoms with van der Waals surface area (Å²) in [7, 11) is 0. The molecule has 1 amide bonds. The minimum absolute atomic E-state index is 0.134. The van der Waals surface area contributed by atoms with Crippen molar-refractivity contribution in [3.8, 4) is 0 Å². The molecule has 0 bridgehead atoms. The van der Waals surface area contributed by atoms with Gasteiger partial charge in [0.2, 0.25) is 5.91 Å². The van der Waals surface area contributed by atoms with Gasteiger partial charge in [0.15, 0.2) is 0 Å². The molecule has 3 atom stereocenters. The zero-order chi connectivity index (χ0) is 15.6. The minimum Gasteiger partial charge on any atom is -0.481 e. The fourth-order valence-corrected chi connectivity index (χ4v) is 2.86. The van der Waals surface area contributed by atoms with Crippen LogP contribution in [0.4, 0.5) is 14.5 Å². The van der Waals surface area contributed by atoms with Crippen LogP contribution in [0.2, 0.25) is 0 Å². The zero-order valence-electron chi connectivity index (χ0n) is 11.6. The fraction of sp³-hybridized carbons (Fsp3) is 0.467. The number of rotatable bonds is 4. The number of hydrogen-bond acceptors (Lipinski definition) is 2. The number of amides is 1. The third-order valence-corrected chi connectivity index (χ3v) is 4.08. The van der Waals surface area contributed by atoms with Crippen LogP contribution in [0, 0.1) is 29.4 Å². The predicted molar refractivity (Wildman–Crippen MR) is 72.6 cm³/mol. The van der Waals surface area contributed by atoms with E-state index in [0.29, 0.717) is 18.9 Å². The van der Waals surface area contributed by atoms with Crippen molar-refractivity contribution >= 4 is 17.6 Å². The standard InChI is InChI=1S/C15H17F2NO3/c1-2-8-5-10(11(6-8)15(20)21)14(19)18-13-4-3-9(16)7-12(13)17/h3-4,7-8,10-11H,2,5-6H2,1H3,(H,18,19)(H,20,21)/t8?,10-,11+/m0/s1. The maximum absolute atomic E-state index is 13.5. The largest absolute Gasteiger partial charge is 0.481 e. The van der Waals surface area contributed by atoms with E-state index in [1.54, 1.807) is 0 Å². The number of anilines is 1. The van der Waals surface area contributed by atoms with Gasteiger partial charge in [-0.2, -0.15) is 0 Å². The second-order valence-electron chi connectivity index (χ2n) is 5.41. The lowest BCUT2D eigenvalue weighted by molar-refractivity contribution is -0.145. The molecule has 4 nitrogen and oxygen atoms in total. The van der Waals surface area contributed by atoms with Crippen molar-refractivity contribution in [1.82, 2.24) is 0 Å². The van der Waals surface area contributed by atoms with E-state index in [1.807, 2.05) is 6.92 Å². The topological polar surface area (TPSA) is 66.4 Å². The summed E-state index contributed by atoms with van der Waals surface area (Å²) in [6, 6.07) is 2.84. The molecule has 6 heteroatoms. The van der Waals surface area contributed by atoms with Crippen LogP contribution < -0.4 is 5.32 Å². The fourth-order valence-electron chi connectivity index (χ4n) is 2.86. The predicted octanol–water partition coefficient (Wildman–Crippen LogP) is 3.04. The van der Waals surface area contributed by atoms with E-state index in [4.69, 9.17) is 0 Å². The average molecular weight is 297 g/mol. The van der Waals surface area contributed by atoms with Crippen LogP contribution in [-0.2, 0) is 9.59 Å². The van der Waals surface area contributed by atoms with Gasteiger partial charge in [0, 0.05) is 6.07 Å². The van der Waals surface area contributed by atoms with E-state index < -0.39 is 35.3 Å². The first kappa shape index (κ1) is 15.4. The Labute approximate surface area is 121 Å². The van der Waals surface area contributed by atoms with E-state index >= 15 is 0 Å². The summed E-state index contributed by atoms with van der Waals surface area (Å²) in [5, 5.41) is 11.6. The summed E-state index contributed by atoms with van der Waals surface area (Å²) < 4.78 is 26.3. The first-order chi connectivity index (χ1) is 9.92. The molecule has 1 unspecified atom stereocenters. The maximum atomic E-state index is 13.5. The van der Waals surface area contributed by atoms with Gasteiger partial charge in [-0.1, -0.05) is 13.3 Å². The Morgan fingerprint density at radius 1 is 1.29 bits per heavy atom. The van der Waals surface area contributed by atoms with E-state index in [2.05, 4.69) is 5.32 Å². The normalized spacial score (nSPS) is 24.8. The molecule has 1 aromatic carbocycles. The molecule has 0 aromatic heterocycles. The van der Waals surface area contributed by atoms with Crippen molar-refractivity contribution in [2.24, 2.45) is 17.8 Å². The molecule has 2 rings (SSSR count). The highest BCUT2D eigenvalue weighted by molar-refractivity contribution is 5.95. The zero-order valence-corrected chi connectivity index (χ0v) is 11.6. The van der Waals surface area contributed by atoms with Crippen molar-refractivity contribution in [2.75, 3.05) is 5.32 Å². The van der Waals surface area contributed by atoms with Crippen LogP contribution in [-0.4, -0.2) is 17.0 Å². The molecule has 0 heterocycles. The molecular weight excluding hydrogens is 280 g/mol. The molecule has 1 aliphatic carbocycles. The highest BCUT2D eigenvalue weighted by Gasteiger charge is 2.42. The maximum Gasteiger partial charge on any atom is 0.307 e. The smallest absolute Gasteiger partial charge is 0.307 e. The molecule has 1 aliphatic rings. The van der Waals surface area contributed by atoms with Crippen LogP contribution >= 0.6 is 0 Å². The molecule has 0 spiro atoms. The van der Waals surface area contributed by atoms with Crippen molar-refractivity contribution in [3.05, 3.63) is 29.8 Å². The molecule has 1 saturated carbocycles. The quantitative estimate of drug-likeness (QED) is 0.897. The highest BCUT2D eigenvalue weighted by atomic mass is 19.1. The third-order valence-electron chi connectivity index (χ3n) is 4.08. The Morgan fingerprint density at radius 3 is 2.52 bits per heavy atom. The number of benzene rings is 1. The summed E-state index contributed by atoms with van der Waals surface area (Å²) in [5.41, 5.74) is -0.134. The number of aliphatic carboxylic acids is 1. The van der Waals surface area contributed by atoms with Gasteiger partial charge in [0.05, 0.1) is 17.5 Å². The van der Waals surface area contributed by atoms with Crippen molar-refractivity contribution in [3.63, 3.8) is 0 Å². The summed E-state index contributed by atoms with van der Waals surface area (Å²) in [6.07, 6.45) is 1.73. The monoisotopic (exact) mass is 297 g/mol. The highest BCUT2D eigenvalue weighted by Crippen LogP contribution is 2.39. The Kier molecular flexibility index (Phi) is 4.55. The minimum atomic E-state index is -1.01. The first-order valence-corrected chi connectivity index (χ1v) is 6.91. The van der Waals surface area contributed by atoms with E-state index in [0.717, 1.165) is 18.6 Å². The van der Waals surface area contributed by atoms with Gasteiger partial charge < -0.3 is 10.4 Å². The van der Waals surface area contributed by atoms with Crippen LogP contribution in [0.5, 0.6) is 0 Å². The Morgan fingerprint density at radius 2 is 1.95 bits per heavy atom. The molecule has 0 radical (unpaired) electrons. The molecule has 0 saturated heterocycles. The summed E-state index contributed by atoms with van der Waals surface area (Å²) in [5.74, 6) is -4.40. The van der Waals surface area contributed by atoms with Crippen LogP contribution in [0.1, 0.15) is 26.2 Å². The summed E-state index contributed by atoms with van der Waals surface area (Å²) in [4.78, 5) is 23.4. The van der Waals surface area contributed by atoms with Crippen LogP contribution in [0.15, 0.2) is 18.2 Å². The van der Waals surface area contributed by atoms with Crippen molar-refractivity contribution in [1.29, 1.82) is 0 Å². The lowest BCUT2D eigenvalue weighted by atomic mass is 9.95. The second-order valence-corrected chi connectivity index (χ2v) is 5.41. The molecular formula is C15H17F2NO3. The Balaban J connectivity index is 2.13. The number of nitrogens with one attached hydrogen (secondary N) is 1. The van der Waals surface area contributed by atoms with Crippen LogP contribution in [0.3, 0.4) is 0 Å². The number of carboxylic acid groups (broad SMARTS) is 1. The molecule has 1 aromatic rings. The first-order valence-electron chi connectivity index (χ1n) is 6.91. The second kappa shape index (κ2) is 6.20. The summed E-state index contributed by atoms with van der Waals surface area (Å²) >= 11 is 0. The average Bonchev–Trinajstić information content (AvgIpc) is 2.86. The number of carbonyl (C=O) groups excluding carboxylic acids is 1. The van der Waals surface area contributed by atoms with Crippen molar-refractivity contribution in [2.45, 2.75) is 26.2 Å². The Bertz CT molecular complexity index is 562. The molecule has 114 valence electrons. The van der Waals surface area contributed by atoms with Gasteiger partial charge in [0.25, 0.3) is 0 Å². The van der Waals surface area contributed by atoms with Gasteiger partial charge in [-0.05, 0) is 30.9 Å². The van der Waals surface area contributed by atoms with E-state index in [9.17, 15) is 23.5 Å². The lowest BCUT2D eigenvalue weighted by Gasteiger charge is -2.15. The molecule has 0 aliphatic heterocycles. The van der Waals surface area contributed by atoms with Gasteiger partial charge in [-0.25, -0.2) is 8.78 Å². The lowest BCUT2D eigenvalue weighted by Crippen LogP contribution is -2.30. The third kappa shape index (κ3) is 3.37. The van der Waals surface area contributed by atoms with Gasteiger partial charge in [0.1, 0.15) is 11.6 Å².